The van der Waals surface area contributed by atoms with Crippen LogP contribution in [0.4, 0.5) is 36.8 Å². The van der Waals surface area contributed by atoms with E-state index in [1.165, 1.54) is 17.7 Å². The summed E-state index contributed by atoms with van der Waals surface area (Å²) in [4.78, 5) is 20.7. The summed E-state index contributed by atoms with van der Waals surface area (Å²) in [7, 11) is 0. The standard InChI is InChI=1S/C27H26F6N4O2/c28-26(29,30)21-15-20(16-22(17-21)27(31,32)33)18-39-24-3-1-23(2-4-24)35-25(38)37-13-11-36(12-14-37)10-7-19-5-8-34-9-6-19/h1-6,8-9,15-17H,7,10-14,18H2,(H,35,38). The number of urea groups is 1. The van der Waals surface area contributed by atoms with E-state index >= 15 is 0 Å². The minimum absolute atomic E-state index is 0.0729. The minimum atomic E-state index is -4.93. The molecule has 2 amide bonds. The van der Waals surface area contributed by atoms with Gasteiger partial charge in [0, 0.05) is 50.8 Å². The third-order valence-corrected chi connectivity index (χ3v) is 6.28. The molecule has 0 unspecified atom stereocenters. The monoisotopic (exact) mass is 552 g/mol. The second-order valence-electron chi connectivity index (χ2n) is 9.09. The molecule has 1 fully saturated rings. The molecule has 0 aliphatic carbocycles. The number of pyridine rings is 1. The minimum Gasteiger partial charge on any atom is -0.489 e. The smallest absolute Gasteiger partial charge is 0.416 e. The first kappa shape index (κ1) is 28.2. The van der Waals surface area contributed by atoms with E-state index in [0.29, 0.717) is 30.9 Å². The number of benzene rings is 2. The van der Waals surface area contributed by atoms with Crippen molar-refractivity contribution in [3.05, 3.63) is 89.2 Å². The van der Waals surface area contributed by atoms with Crippen LogP contribution in [0.3, 0.4) is 0 Å². The average molecular weight is 553 g/mol. The maximum absolute atomic E-state index is 13.0. The number of ether oxygens (including phenoxy) is 1. The lowest BCUT2D eigenvalue weighted by molar-refractivity contribution is -0.143. The first-order valence-electron chi connectivity index (χ1n) is 12.2. The van der Waals surface area contributed by atoms with Gasteiger partial charge in [0.25, 0.3) is 0 Å². The molecule has 0 radical (unpaired) electrons. The summed E-state index contributed by atoms with van der Waals surface area (Å²) < 4.78 is 83.7. The Morgan fingerprint density at radius 2 is 1.41 bits per heavy atom. The molecule has 2 aromatic carbocycles. The number of hydrogen-bond donors (Lipinski definition) is 1. The fourth-order valence-corrected chi connectivity index (χ4v) is 4.12. The average Bonchev–Trinajstić information content (AvgIpc) is 2.91. The van der Waals surface area contributed by atoms with Crippen LogP contribution >= 0.6 is 0 Å². The Bertz CT molecular complexity index is 1210. The Morgan fingerprint density at radius 1 is 0.821 bits per heavy atom. The zero-order valence-electron chi connectivity index (χ0n) is 20.7. The number of nitrogens with one attached hydrogen (secondary N) is 1. The second kappa shape index (κ2) is 11.9. The first-order valence-corrected chi connectivity index (χ1v) is 12.2. The van der Waals surface area contributed by atoms with Crippen LogP contribution in [0, 0.1) is 0 Å². The van der Waals surface area contributed by atoms with Crippen molar-refractivity contribution >= 4 is 11.7 Å². The van der Waals surface area contributed by atoms with Crippen LogP contribution in [0.1, 0.15) is 22.3 Å². The summed E-state index contributed by atoms with van der Waals surface area (Å²) in [6.45, 7) is 3.03. The van der Waals surface area contributed by atoms with Crippen LogP contribution in [-0.2, 0) is 25.4 Å². The summed E-state index contributed by atoms with van der Waals surface area (Å²) in [5.41, 5.74) is -1.38. The fraction of sp³-hybridized carbons (Fsp3) is 0.333. The fourth-order valence-electron chi connectivity index (χ4n) is 4.12. The number of halogens is 6. The van der Waals surface area contributed by atoms with E-state index < -0.39 is 30.1 Å². The van der Waals surface area contributed by atoms with Gasteiger partial charge >= 0.3 is 18.4 Å². The molecule has 0 atom stereocenters. The van der Waals surface area contributed by atoms with Gasteiger partial charge < -0.3 is 15.0 Å². The van der Waals surface area contributed by atoms with E-state index in [4.69, 9.17) is 4.74 Å². The van der Waals surface area contributed by atoms with Crippen LogP contribution in [0.5, 0.6) is 5.75 Å². The third kappa shape index (κ3) is 8.09. The number of carbonyl (C=O) groups excluding carboxylic acids is 1. The molecule has 208 valence electrons. The molecule has 12 heteroatoms. The largest absolute Gasteiger partial charge is 0.489 e. The van der Waals surface area contributed by atoms with E-state index in [-0.39, 0.29) is 23.4 Å². The number of hydrogen-bond acceptors (Lipinski definition) is 4. The van der Waals surface area contributed by atoms with Gasteiger partial charge in [-0.1, -0.05) is 0 Å². The molecule has 3 aromatic rings. The first-order chi connectivity index (χ1) is 18.5. The van der Waals surface area contributed by atoms with Crippen molar-refractivity contribution in [3.8, 4) is 5.75 Å². The van der Waals surface area contributed by atoms with Gasteiger partial charge in [-0.05, 0) is 72.1 Å². The van der Waals surface area contributed by atoms with Crippen molar-refractivity contribution in [1.29, 1.82) is 0 Å². The molecule has 0 bridgehead atoms. The SMILES string of the molecule is O=C(Nc1ccc(OCc2cc(C(F)(F)F)cc(C(F)(F)F)c2)cc1)N1CCN(CCc2ccncc2)CC1. The quantitative estimate of drug-likeness (QED) is 0.361. The maximum atomic E-state index is 13.0. The van der Waals surface area contributed by atoms with Gasteiger partial charge in [-0.3, -0.25) is 9.88 Å². The predicted octanol–water partition coefficient (Wildman–Crippen LogP) is 6.09. The van der Waals surface area contributed by atoms with Crippen molar-refractivity contribution in [3.63, 3.8) is 0 Å². The highest BCUT2D eigenvalue weighted by Crippen LogP contribution is 2.36. The van der Waals surface area contributed by atoms with E-state index in [9.17, 15) is 31.1 Å². The third-order valence-electron chi connectivity index (χ3n) is 6.28. The summed E-state index contributed by atoms with van der Waals surface area (Å²) in [6.07, 6.45) is -5.43. The van der Waals surface area contributed by atoms with Gasteiger partial charge in [-0.15, -0.1) is 0 Å². The number of amides is 2. The highest BCUT2D eigenvalue weighted by molar-refractivity contribution is 5.89. The van der Waals surface area contributed by atoms with Crippen molar-refractivity contribution in [2.24, 2.45) is 0 Å². The summed E-state index contributed by atoms with van der Waals surface area (Å²) in [6, 6.07) is 11.1. The summed E-state index contributed by atoms with van der Waals surface area (Å²) in [5, 5.41) is 2.79. The van der Waals surface area contributed by atoms with Crippen molar-refractivity contribution in [2.75, 3.05) is 38.0 Å². The topological polar surface area (TPSA) is 57.7 Å². The number of piperazine rings is 1. The number of anilines is 1. The van der Waals surface area contributed by atoms with Crippen LogP contribution in [0.25, 0.3) is 0 Å². The Morgan fingerprint density at radius 3 is 1.97 bits per heavy atom. The molecule has 2 heterocycles. The van der Waals surface area contributed by atoms with E-state index in [1.807, 2.05) is 12.1 Å². The van der Waals surface area contributed by atoms with E-state index in [2.05, 4.69) is 15.2 Å². The zero-order valence-corrected chi connectivity index (χ0v) is 20.7. The van der Waals surface area contributed by atoms with Crippen LogP contribution in [0.15, 0.2) is 67.0 Å². The Kier molecular flexibility index (Phi) is 8.63. The molecule has 1 saturated heterocycles. The number of nitrogens with zero attached hydrogens (tertiary/aromatic N) is 3. The number of carbonyl (C=O) groups is 1. The van der Waals surface area contributed by atoms with E-state index in [0.717, 1.165) is 26.1 Å². The lowest BCUT2D eigenvalue weighted by Gasteiger charge is -2.34. The number of alkyl halides is 6. The van der Waals surface area contributed by atoms with Crippen LogP contribution in [0.2, 0.25) is 0 Å². The lowest BCUT2D eigenvalue weighted by Crippen LogP contribution is -2.50. The van der Waals surface area contributed by atoms with Gasteiger partial charge in [0.1, 0.15) is 12.4 Å². The molecular weight excluding hydrogens is 526 g/mol. The van der Waals surface area contributed by atoms with Crippen molar-refractivity contribution in [1.82, 2.24) is 14.8 Å². The zero-order chi connectivity index (χ0) is 28.0. The molecule has 1 N–H and O–H groups in total. The second-order valence-corrected chi connectivity index (χ2v) is 9.09. The molecule has 39 heavy (non-hydrogen) atoms. The van der Waals surface area contributed by atoms with Gasteiger partial charge in [-0.25, -0.2) is 4.79 Å². The predicted molar refractivity (Wildman–Crippen MR) is 132 cm³/mol. The van der Waals surface area contributed by atoms with Crippen molar-refractivity contribution in [2.45, 2.75) is 25.4 Å². The normalized spacial score (nSPS) is 14.8. The molecule has 1 aliphatic rings. The number of aromatic nitrogens is 1. The van der Waals surface area contributed by atoms with Crippen molar-refractivity contribution < 1.29 is 35.9 Å². The van der Waals surface area contributed by atoms with Gasteiger partial charge in [-0.2, -0.15) is 26.3 Å². The summed E-state index contributed by atoms with van der Waals surface area (Å²) in [5.74, 6) is 0.224. The van der Waals surface area contributed by atoms with Crippen LogP contribution < -0.4 is 10.1 Å². The summed E-state index contributed by atoms with van der Waals surface area (Å²) >= 11 is 0. The highest BCUT2D eigenvalue weighted by atomic mass is 19.4. The lowest BCUT2D eigenvalue weighted by atomic mass is 10.1. The Balaban J connectivity index is 1.26. The Hall–Kier alpha value is -3.80. The maximum Gasteiger partial charge on any atom is 0.416 e. The molecule has 0 saturated carbocycles. The molecule has 6 nitrogen and oxygen atoms in total. The molecule has 4 rings (SSSR count). The van der Waals surface area contributed by atoms with Crippen LogP contribution in [-0.4, -0.2) is 53.5 Å². The van der Waals surface area contributed by atoms with Gasteiger partial charge in [0.2, 0.25) is 0 Å². The number of rotatable bonds is 7. The van der Waals surface area contributed by atoms with Gasteiger partial charge in [0.05, 0.1) is 11.1 Å². The molecule has 0 spiro atoms. The van der Waals surface area contributed by atoms with E-state index in [1.54, 1.807) is 29.4 Å². The Labute approximate surface area is 221 Å². The molecular formula is C27H26F6N4O2. The molecule has 1 aromatic heterocycles. The molecule has 1 aliphatic heterocycles. The van der Waals surface area contributed by atoms with Gasteiger partial charge in [0.15, 0.2) is 0 Å². The highest BCUT2D eigenvalue weighted by Gasteiger charge is 2.37.